The van der Waals surface area contributed by atoms with Gasteiger partial charge in [0.1, 0.15) is 12.7 Å². The summed E-state index contributed by atoms with van der Waals surface area (Å²) in [5.41, 5.74) is 0.690. The quantitative estimate of drug-likeness (QED) is 0.528. The Hall–Kier alpha value is -1.90. The first-order valence-corrected chi connectivity index (χ1v) is 4.17. The van der Waals surface area contributed by atoms with Gasteiger partial charge in [-0.3, -0.25) is 0 Å². The van der Waals surface area contributed by atoms with Crippen LogP contribution in [0.3, 0.4) is 0 Å². The molecule has 0 saturated carbocycles. The lowest BCUT2D eigenvalue weighted by Crippen LogP contribution is -2.05. The van der Waals surface area contributed by atoms with Crippen LogP contribution in [0.5, 0.6) is 0 Å². The molecule has 74 valence electrons. The van der Waals surface area contributed by atoms with E-state index in [2.05, 4.69) is 10.1 Å². The monoisotopic (exact) mass is 195 g/mol. The van der Waals surface area contributed by atoms with Gasteiger partial charge < -0.3 is 4.74 Å². The highest BCUT2D eigenvalue weighted by atomic mass is 16.5. The topological polar surface area (TPSA) is 72.3 Å². The van der Waals surface area contributed by atoms with E-state index in [0.717, 1.165) is 0 Å². The fraction of sp³-hybridized carbons (Fsp3) is 0.500. The number of carbonyl (C=O) groups excluding carboxylic acids is 1. The van der Waals surface area contributed by atoms with Crippen molar-refractivity contribution in [1.82, 2.24) is 9.78 Å². The van der Waals surface area contributed by atoms with Gasteiger partial charge in [-0.05, 0) is 13.8 Å². The molecule has 1 aromatic heterocycles. The van der Waals surface area contributed by atoms with E-state index >= 15 is 0 Å². The lowest BCUT2D eigenvalue weighted by Gasteiger charge is -1.96. The molecular formula is C8H11N4O2+. The number of nitrogens with zero attached hydrogens (tertiary/aromatic N) is 4. The number of carbonyl (C=O) groups is 1. The van der Waals surface area contributed by atoms with Crippen molar-refractivity contribution in [2.24, 2.45) is 7.05 Å². The summed E-state index contributed by atoms with van der Waals surface area (Å²) in [7, 11) is 1.59. The van der Waals surface area contributed by atoms with Crippen LogP contribution in [0.4, 0.5) is 5.82 Å². The predicted molar refractivity (Wildman–Crippen MR) is 48.6 cm³/mol. The first kappa shape index (κ1) is 10.2. The van der Waals surface area contributed by atoms with E-state index in [4.69, 9.17) is 10.1 Å². The van der Waals surface area contributed by atoms with Crippen LogP contribution in [-0.2, 0) is 11.8 Å². The standard InChI is InChI=1S/C8H11N4O2/c1-4-14-8(13)6-5(2)11-12(3)7(6)10-9/h4H2,1-3H3/q+1. The molecule has 0 saturated heterocycles. The van der Waals surface area contributed by atoms with Crippen molar-refractivity contribution in [3.05, 3.63) is 16.2 Å². The minimum absolute atomic E-state index is 0.112. The minimum atomic E-state index is -0.522. The average Bonchev–Trinajstić information content (AvgIpc) is 2.40. The molecule has 0 radical (unpaired) electrons. The molecule has 6 nitrogen and oxygen atoms in total. The van der Waals surface area contributed by atoms with Gasteiger partial charge in [0.2, 0.25) is 0 Å². The van der Waals surface area contributed by atoms with E-state index in [-0.39, 0.29) is 18.0 Å². The fourth-order valence-corrected chi connectivity index (χ4v) is 1.20. The SMILES string of the molecule is CCOC(=O)c1c(C)nn(C)c1[N+]#N. The number of aryl methyl sites for hydroxylation is 2. The Morgan fingerprint density at radius 2 is 2.36 bits per heavy atom. The highest BCUT2D eigenvalue weighted by Gasteiger charge is 2.30. The Bertz CT molecular complexity index is 402. The summed E-state index contributed by atoms with van der Waals surface area (Å²) in [4.78, 5) is 14.4. The molecule has 0 bridgehead atoms. The number of rotatable bonds is 2. The Morgan fingerprint density at radius 3 is 2.86 bits per heavy atom. The fourth-order valence-electron chi connectivity index (χ4n) is 1.20. The van der Waals surface area contributed by atoms with E-state index in [1.807, 2.05) is 0 Å². The van der Waals surface area contributed by atoms with Crippen LogP contribution >= 0.6 is 0 Å². The Labute approximate surface area is 81.1 Å². The van der Waals surface area contributed by atoms with Gasteiger partial charge in [-0.2, -0.15) is 0 Å². The number of hydrogen-bond donors (Lipinski definition) is 0. The largest absolute Gasteiger partial charge is 0.462 e. The third kappa shape index (κ3) is 1.57. The molecule has 0 amide bonds. The minimum Gasteiger partial charge on any atom is -0.462 e. The zero-order valence-corrected chi connectivity index (χ0v) is 8.31. The lowest BCUT2D eigenvalue weighted by atomic mass is 10.2. The maximum Gasteiger partial charge on any atom is 0.460 e. The molecule has 0 aliphatic rings. The van der Waals surface area contributed by atoms with Crippen LogP contribution in [0.25, 0.3) is 4.98 Å². The van der Waals surface area contributed by atoms with Gasteiger partial charge in [0.05, 0.1) is 12.0 Å². The van der Waals surface area contributed by atoms with Gasteiger partial charge in [-0.15, -0.1) is 4.68 Å². The second-order valence-corrected chi connectivity index (χ2v) is 2.73. The molecule has 14 heavy (non-hydrogen) atoms. The number of ether oxygens (including phenoxy) is 1. The van der Waals surface area contributed by atoms with Crippen molar-refractivity contribution in [1.29, 1.82) is 5.39 Å². The summed E-state index contributed by atoms with van der Waals surface area (Å²) in [5.74, 6) is -0.410. The summed E-state index contributed by atoms with van der Waals surface area (Å²) >= 11 is 0. The van der Waals surface area contributed by atoms with E-state index in [1.54, 1.807) is 20.9 Å². The second kappa shape index (κ2) is 3.87. The average molecular weight is 195 g/mol. The Morgan fingerprint density at radius 1 is 1.71 bits per heavy atom. The molecule has 0 spiro atoms. The van der Waals surface area contributed by atoms with Crippen molar-refractivity contribution < 1.29 is 9.53 Å². The molecule has 0 aliphatic carbocycles. The van der Waals surface area contributed by atoms with Crippen LogP contribution in [0, 0.1) is 12.3 Å². The molecule has 0 aromatic carbocycles. The van der Waals surface area contributed by atoms with Gasteiger partial charge in [-0.1, -0.05) is 5.10 Å². The van der Waals surface area contributed by atoms with Crippen molar-refractivity contribution in [3.63, 3.8) is 0 Å². The first-order valence-electron chi connectivity index (χ1n) is 4.17. The highest BCUT2D eigenvalue weighted by molar-refractivity contribution is 5.96. The van der Waals surface area contributed by atoms with Gasteiger partial charge in [-0.25, -0.2) is 4.79 Å². The highest BCUT2D eigenvalue weighted by Crippen LogP contribution is 2.22. The maximum absolute atomic E-state index is 11.4. The van der Waals surface area contributed by atoms with Crippen molar-refractivity contribution in [2.45, 2.75) is 13.8 Å². The predicted octanol–water partition coefficient (Wildman–Crippen LogP) is 1.39. The molecule has 1 heterocycles. The summed E-state index contributed by atoms with van der Waals surface area (Å²) in [6.07, 6.45) is 0. The van der Waals surface area contributed by atoms with Gasteiger partial charge >= 0.3 is 11.8 Å². The number of hydrogen-bond acceptors (Lipinski definition) is 4. The third-order valence-electron chi connectivity index (χ3n) is 1.77. The van der Waals surface area contributed by atoms with E-state index in [0.29, 0.717) is 5.69 Å². The molecule has 0 aliphatic heterocycles. The third-order valence-corrected chi connectivity index (χ3v) is 1.77. The van der Waals surface area contributed by atoms with E-state index in [1.165, 1.54) is 4.68 Å². The molecule has 1 rings (SSSR count). The number of diazo groups is 1. The van der Waals surface area contributed by atoms with Gasteiger partial charge in [0.25, 0.3) is 0 Å². The second-order valence-electron chi connectivity index (χ2n) is 2.73. The zero-order valence-electron chi connectivity index (χ0n) is 8.31. The van der Waals surface area contributed by atoms with Crippen LogP contribution in [-0.4, -0.2) is 22.4 Å². The lowest BCUT2D eigenvalue weighted by molar-refractivity contribution is 0.0527. The Kier molecular flexibility index (Phi) is 2.82. The smallest absolute Gasteiger partial charge is 0.460 e. The van der Waals surface area contributed by atoms with Crippen LogP contribution < -0.4 is 0 Å². The molecule has 0 fully saturated rings. The van der Waals surface area contributed by atoms with Crippen LogP contribution in [0.2, 0.25) is 0 Å². The van der Waals surface area contributed by atoms with Gasteiger partial charge in [0.15, 0.2) is 5.56 Å². The normalized spacial score (nSPS) is 9.57. The van der Waals surface area contributed by atoms with Crippen molar-refractivity contribution in [2.75, 3.05) is 6.61 Å². The summed E-state index contributed by atoms with van der Waals surface area (Å²) in [6, 6.07) is 0. The molecule has 0 N–H and O–H groups in total. The molecule has 0 atom stereocenters. The molecular weight excluding hydrogens is 184 g/mol. The summed E-state index contributed by atoms with van der Waals surface area (Å²) < 4.78 is 6.12. The summed E-state index contributed by atoms with van der Waals surface area (Å²) in [5, 5.41) is 12.6. The van der Waals surface area contributed by atoms with E-state index < -0.39 is 5.97 Å². The number of aromatic nitrogens is 2. The Balaban J connectivity index is 3.20. The van der Waals surface area contributed by atoms with Crippen LogP contribution in [0.15, 0.2) is 0 Å². The maximum atomic E-state index is 11.4. The molecule has 1 aromatic rings. The molecule has 0 unspecified atom stereocenters. The molecule has 6 heteroatoms. The first-order chi connectivity index (χ1) is 6.61. The van der Waals surface area contributed by atoms with Gasteiger partial charge in [0, 0.05) is 4.98 Å². The van der Waals surface area contributed by atoms with E-state index in [9.17, 15) is 4.79 Å². The zero-order chi connectivity index (χ0) is 10.7. The van der Waals surface area contributed by atoms with Crippen LogP contribution in [0.1, 0.15) is 23.0 Å². The number of esters is 1. The van der Waals surface area contributed by atoms with Crippen molar-refractivity contribution in [3.8, 4) is 0 Å². The van der Waals surface area contributed by atoms with Crippen molar-refractivity contribution >= 4 is 11.8 Å². The summed E-state index contributed by atoms with van der Waals surface area (Å²) in [6.45, 7) is 3.64.